The molecule has 0 aliphatic carbocycles. The Balaban J connectivity index is 2.68. The van der Waals surface area contributed by atoms with Crippen LogP contribution in [0.4, 0.5) is 13.2 Å². The highest BCUT2D eigenvalue weighted by Crippen LogP contribution is 2.34. The standard InChI is InChI=1S/C12H7F3O4/c1-6(16)18-7-2-3-8-9(12(13,14)15)5-11(17)19-10(8)4-7/h2-5H,1H3. The van der Waals surface area contributed by atoms with Crippen LogP contribution in [0, 0.1) is 0 Å². The van der Waals surface area contributed by atoms with Crippen LogP contribution in [0.5, 0.6) is 5.75 Å². The summed E-state index contributed by atoms with van der Waals surface area (Å²) in [7, 11) is 0. The molecule has 2 rings (SSSR count). The van der Waals surface area contributed by atoms with Crippen LogP contribution in [0.3, 0.4) is 0 Å². The molecular weight excluding hydrogens is 265 g/mol. The van der Waals surface area contributed by atoms with Gasteiger partial charge < -0.3 is 9.15 Å². The van der Waals surface area contributed by atoms with Crippen LogP contribution in [0.2, 0.25) is 0 Å². The number of hydrogen-bond donors (Lipinski definition) is 0. The van der Waals surface area contributed by atoms with Crippen molar-refractivity contribution in [3.63, 3.8) is 0 Å². The lowest BCUT2D eigenvalue weighted by Crippen LogP contribution is -2.11. The molecule has 0 amide bonds. The Hall–Kier alpha value is -2.31. The van der Waals surface area contributed by atoms with Gasteiger partial charge in [0.1, 0.15) is 11.3 Å². The van der Waals surface area contributed by atoms with E-state index in [0.29, 0.717) is 6.07 Å². The van der Waals surface area contributed by atoms with Gasteiger partial charge in [-0.15, -0.1) is 0 Å². The number of fused-ring (bicyclic) bond motifs is 1. The van der Waals surface area contributed by atoms with Crippen LogP contribution in [-0.2, 0) is 11.0 Å². The topological polar surface area (TPSA) is 56.5 Å². The number of alkyl halides is 3. The maximum Gasteiger partial charge on any atom is 0.417 e. The van der Waals surface area contributed by atoms with Crippen LogP contribution < -0.4 is 10.4 Å². The highest BCUT2D eigenvalue weighted by molar-refractivity contribution is 5.83. The Morgan fingerprint density at radius 1 is 1.26 bits per heavy atom. The molecule has 0 atom stereocenters. The number of carbonyl (C=O) groups excluding carboxylic acids is 1. The molecule has 4 nitrogen and oxygen atoms in total. The molecule has 1 aromatic carbocycles. The molecule has 0 saturated heterocycles. The van der Waals surface area contributed by atoms with Crippen LogP contribution in [0.15, 0.2) is 33.5 Å². The Bertz CT molecular complexity index is 700. The lowest BCUT2D eigenvalue weighted by Gasteiger charge is -2.09. The highest BCUT2D eigenvalue weighted by atomic mass is 19.4. The largest absolute Gasteiger partial charge is 0.427 e. The number of benzene rings is 1. The molecule has 0 aliphatic heterocycles. The summed E-state index contributed by atoms with van der Waals surface area (Å²) in [5.41, 5.74) is -2.51. The molecule has 100 valence electrons. The van der Waals surface area contributed by atoms with Crippen molar-refractivity contribution in [3.05, 3.63) is 40.2 Å². The summed E-state index contributed by atoms with van der Waals surface area (Å²) in [6.45, 7) is 1.15. The first-order valence-corrected chi connectivity index (χ1v) is 5.11. The van der Waals surface area contributed by atoms with Gasteiger partial charge in [-0.25, -0.2) is 4.79 Å². The second-order valence-electron chi connectivity index (χ2n) is 3.73. The second-order valence-corrected chi connectivity index (χ2v) is 3.73. The summed E-state index contributed by atoms with van der Waals surface area (Å²) >= 11 is 0. The Labute approximate surface area is 104 Å². The molecule has 0 spiro atoms. The first-order valence-electron chi connectivity index (χ1n) is 5.11. The number of rotatable bonds is 1. The first kappa shape index (κ1) is 13.1. The van der Waals surface area contributed by atoms with Gasteiger partial charge in [0.05, 0.1) is 5.56 Å². The van der Waals surface area contributed by atoms with Gasteiger partial charge in [0.15, 0.2) is 0 Å². The molecule has 0 aliphatic rings. The third-order valence-corrected chi connectivity index (χ3v) is 2.28. The predicted octanol–water partition coefficient (Wildman–Crippen LogP) is 2.74. The Morgan fingerprint density at radius 3 is 2.53 bits per heavy atom. The highest BCUT2D eigenvalue weighted by Gasteiger charge is 2.33. The maximum atomic E-state index is 12.7. The zero-order valence-electron chi connectivity index (χ0n) is 9.58. The predicted molar refractivity (Wildman–Crippen MR) is 58.8 cm³/mol. The van der Waals surface area contributed by atoms with Gasteiger partial charge >= 0.3 is 17.8 Å². The van der Waals surface area contributed by atoms with Crippen molar-refractivity contribution in [2.24, 2.45) is 0 Å². The Morgan fingerprint density at radius 2 is 1.95 bits per heavy atom. The van der Waals surface area contributed by atoms with E-state index in [0.717, 1.165) is 19.1 Å². The summed E-state index contributed by atoms with van der Waals surface area (Å²) in [6.07, 6.45) is -4.67. The van der Waals surface area contributed by atoms with Crippen molar-refractivity contribution in [3.8, 4) is 5.75 Å². The molecule has 7 heteroatoms. The summed E-state index contributed by atoms with van der Waals surface area (Å²) < 4.78 is 47.6. The van der Waals surface area contributed by atoms with Crippen molar-refractivity contribution in [2.45, 2.75) is 13.1 Å². The smallest absolute Gasteiger partial charge is 0.417 e. The van der Waals surface area contributed by atoms with E-state index in [-0.39, 0.29) is 16.7 Å². The minimum atomic E-state index is -4.67. The quantitative estimate of drug-likeness (QED) is 0.455. The molecule has 0 unspecified atom stereocenters. The third-order valence-electron chi connectivity index (χ3n) is 2.28. The molecule has 0 N–H and O–H groups in total. The van der Waals surface area contributed by atoms with E-state index in [2.05, 4.69) is 4.42 Å². The summed E-state index contributed by atoms with van der Waals surface area (Å²) in [5.74, 6) is -0.629. The van der Waals surface area contributed by atoms with Crippen LogP contribution >= 0.6 is 0 Å². The lowest BCUT2D eigenvalue weighted by molar-refractivity contribution is -0.136. The first-order chi connectivity index (χ1) is 8.77. The van der Waals surface area contributed by atoms with Crippen LogP contribution in [0.25, 0.3) is 11.0 Å². The summed E-state index contributed by atoms with van der Waals surface area (Å²) in [6, 6.07) is 3.72. The van der Waals surface area contributed by atoms with E-state index in [1.165, 1.54) is 6.07 Å². The summed E-state index contributed by atoms with van der Waals surface area (Å²) in [4.78, 5) is 21.9. The molecular formula is C12H7F3O4. The fourth-order valence-electron chi connectivity index (χ4n) is 1.61. The minimum absolute atomic E-state index is 0.00229. The normalized spacial score (nSPS) is 11.6. The van der Waals surface area contributed by atoms with Gasteiger partial charge in [0.2, 0.25) is 0 Å². The van der Waals surface area contributed by atoms with E-state index in [9.17, 15) is 22.8 Å². The van der Waals surface area contributed by atoms with Gasteiger partial charge in [-0.2, -0.15) is 13.2 Å². The maximum absolute atomic E-state index is 12.7. The monoisotopic (exact) mass is 272 g/mol. The van der Waals surface area contributed by atoms with Crippen molar-refractivity contribution in [1.82, 2.24) is 0 Å². The average Bonchev–Trinajstić information content (AvgIpc) is 2.25. The van der Waals surface area contributed by atoms with Crippen molar-refractivity contribution >= 4 is 16.9 Å². The van der Waals surface area contributed by atoms with E-state index in [1.807, 2.05) is 0 Å². The van der Waals surface area contributed by atoms with Gasteiger partial charge in [-0.3, -0.25) is 4.79 Å². The second kappa shape index (κ2) is 4.42. The van der Waals surface area contributed by atoms with Crippen LogP contribution in [-0.4, -0.2) is 5.97 Å². The third kappa shape index (κ3) is 2.75. The molecule has 19 heavy (non-hydrogen) atoms. The van der Waals surface area contributed by atoms with Crippen LogP contribution in [0.1, 0.15) is 12.5 Å². The zero-order chi connectivity index (χ0) is 14.2. The molecule has 1 heterocycles. The number of carbonyl (C=O) groups is 1. The van der Waals surface area contributed by atoms with Gasteiger partial charge in [-0.1, -0.05) is 0 Å². The minimum Gasteiger partial charge on any atom is -0.427 e. The van der Waals surface area contributed by atoms with Crippen molar-refractivity contribution in [2.75, 3.05) is 0 Å². The molecule has 0 fully saturated rings. The van der Waals surface area contributed by atoms with E-state index >= 15 is 0 Å². The zero-order valence-corrected chi connectivity index (χ0v) is 9.58. The average molecular weight is 272 g/mol. The van der Waals surface area contributed by atoms with E-state index in [1.54, 1.807) is 0 Å². The van der Waals surface area contributed by atoms with E-state index < -0.39 is 23.3 Å². The summed E-state index contributed by atoms with van der Waals surface area (Å²) in [5, 5.41) is -0.275. The number of hydrogen-bond acceptors (Lipinski definition) is 4. The van der Waals surface area contributed by atoms with Crippen molar-refractivity contribution in [1.29, 1.82) is 0 Å². The molecule has 2 aromatic rings. The number of ether oxygens (including phenoxy) is 1. The van der Waals surface area contributed by atoms with Gasteiger partial charge in [0.25, 0.3) is 0 Å². The number of halogens is 3. The lowest BCUT2D eigenvalue weighted by atomic mass is 10.1. The Kier molecular flexibility index (Phi) is 3.05. The fourth-order valence-corrected chi connectivity index (χ4v) is 1.61. The fraction of sp³-hybridized carbons (Fsp3) is 0.167. The molecule has 0 radical (unpaired) electrons. The number of esters is 1. The van der Waals surface area contributed by atoms with E-state index in [4.69, 9.17) is 4.74 Å². The molecule has 1 aromatic heterocycles. The molecule has 0 bridgehead atoms. The molecule has 0 saturated carbocycles. The van der Waals surface area contributed by atoms with Gasteiger partial charge in [-0.05, 0) is 12.1 Å². The van der Waals surface area contributed by atoms with Gasteiger partial charge in [0, 0.05) is 24.4 Å². The SMILES string of the molecule is CC(=O)Oc1ccc2c(C(F)(F)F)cc(=O)oc2c1. The van der Waals surface area contributed by atoms with Crippen molar-refractivity contribution < 1.29 is 27.1 Å².